The summed E-state index contributed by atoms with van der Waals surface area (Å²) in [5.41, 5.74) is 4.22. The molecule has 1 atom stereocenters. The highest BCUT2D eigenvalue weighted by Gasteiger charge is 2.38. The van der Waals surface area contributed by atoms with Crippen LogP contribution in [-0.2, 0) is 11.3 Å². The molecule has 1 aliphatic rings. The van der Waals surface area contributed by atoms with Crippen LogP contribution in [0.2, 0.25) is 0 Å². The number of halogens is 3. The van der Waals surface area contributed by atoms with E-state index in [1.165, 1.54) is 5.56 Å². The number of hydrogen-bond donors (Lipinski definition) is 2. The fourth-order valence-electron chi connectivity index (χ4n) is 4.40. The number of nitriles is 1. The number of carboxylic acid groups (broad SMARTS) is 1. The molecule has 2 N–H and O–H groups in total. The van der Waals surface area contributed by atoms with Crippen LogP contribution in [0.25, 0.3) is 16.6 Å². The molecule has 0 radical (unpaired) electrons. The van der Waals surface area contributed by atoms with Gasteiger partial charge in [-0.25, -0.2) is 14.3 Å². The molecule has 4 heterocycles. The maximum atomic E-state index is 10.6. The first kappa shape index (κ1) is 30.3. The summed E-state index contributed by atoms with van der Waals surface area (Å²) >= 11 is 0. The number of pyridine rings is 2. The SMILES string of the molecule is CC(O)COc1cc(-c2ccc(N3CCN(Cc4ccccc4)CC3)nc2)c2c(C#N)cnn2c1.O=C(O)C(F)(F)F. The number of piperazine rings is 1. The fraction of sp³-hybridized carbons (Fsp3) is 0.310. The molecule has 0 aliphatic carbocycles. The Morgan fingerprint density at radius 3 is 2.38 bits per heavy atom. The smallest absolute Gasteiger partial charge is 0.489 e. The van der Waals surface area contributed by atoms with Crippen LogP contribution >= 0.6 is 0 Å². The Morgan fingerprint density at radius 2 is 1.81 bits per heavy atom. The van der Waals surface area contributed by atoms with Gasteiger partial charge in [-0.2, -0.15) is 23.5 Å². The summed E-state index contributed by atoms with van der Waals surface area (Å²) in [4.78, 5) is 18.4. The van der Waals surface area contributed by atoms with Crippen molar-refractivity contribution in [3.05, 3.63) is 78.2 Å². The molecular weight excluding hydrogens is 553 g/mol. The molecule has 5 rings (SSSR count). The number of aliphatic carboxylic acids is 1. The van der Waals surface area contributed by atoms with Gasteiger partial charge in [0.15, 0.2) is 0 Å². The minimum absolute atomic E-state index is 0.171. The summed E-state index contributed by atoms with van der Waals surface area (Å²) in [6, 6.07) is 18.7. The highest BCUT2D eigenvalue weighted by Crippen LogP contribution is 2.31. The maximum absolute atomic E-state index is 10.6. The molecule has 0 amide bonds. The summed E-state index contributed by atoms with van der Waals surface area (Å²) in [7, 11) is 0. The third-order valence-electron chi connectivity index (χ3n) is 6.45. The fourth-order valence-corrected chi connectivity index (χ4v) is 4.40. The number of aromatic nitrogens is 3. The molecular formula is C29H29F3N6O4. The average Bonchev–Trinajstić information content (AvgIpc) is 3.40. The molecule has 4 aromatic rings. The number of carboxylic acids is 1. The number of anilines is 1. The van der Waals surface area contributed by atoms with Crippen molar-refractivity contribution >= 4 is 17.3 Å². The second-order valence-corrected chi connectivity index (χ2v) is 9.67. The van der Waals surface area contributed by atoms with Crippen molar-refractivity contribution in [2.24, 2.45) is 0 Å². The van der Waals surface area contributed by atoms with E-state index in [1.54, 1.807) is 23.8 Å². The van der Waals surface area contributed by atoms with Gasteiger partial charge in [-0.3, -0.25) is 4.90 Å². The Hall–Kier alpha value is -4.67. The predicted molar refractivity (Wildman–Crippen MR) is 148 cm³/mol. The summed E-state index contributed by atoms with van der Waals surface area (Å²) in [6.07, 6.45) is -0.559. The van der Waals surface area contributed by atoms with Gasteiger partial charge < -0.3 is 19.8 Å². The van der Waals surface area contributed by atoms with Gasteiger partial charge in [0, 0.05) is 50.0 Å². The number of aliphatic hydroxyl groups is 1. The van der Waals surface area contributed by atoms with Gasteiger partial charge in [-0.05, 0) is 30.7 Å². The Morgan fingerprint density at radius 1 is 1.12 bits per heavy atom. The van der Waals surface area contributed by atoms with E-state index in [9.17, 15) is 23.5 Å². The van der Waals surface area contributed by atoms with Gasteiger partial charge in [0.1, 0.15) is 24.2 Å². The molecule has 3 aromatic heterocycles. The first-order chi connectivity index (χ1) is 20.0. The van der Waals surface area contributed by atoms with Crippen molar-refractivity contribution in [2.45, 2.75) is 25.7 Å². The molecule has 1 aliphatic heterocycles. The zero-order chi connectivity index (χ0) is 30.3. The molecule has 1 saturated heterocycles. The second-order valence-electron chi connectivity index (χ2n) is 9.67. The lowest BCUT2D eigenvalue weighted by molar-refractivity contribution is -0.192. The van der Waals surface area contributed by atoms with Crippen LogP contribution in [-0.4, -0.2) is 80.7 Å². The van der Waals surface area contributed by atoms with E-state index in [1.807, 2.05) is 24.4 Å². The third-order valence-corrected chi connectivity index (χ3v) is 6.45. The highest BCUT2D eigenvalue weighted by atomic mass is 19.4. The zero-order valence-corrected chi connectivity index (χ0v) is 22.7. The normalized spacial score (nSPS) is 14.5. The summed E-state index contributed by atoms with van der Waals surface area (Å²) in [5, 5.41) is 30.6. The van der Waals surface area contributed by atoms with Crippen molar-refractivity contribution in [1.29, 1.82) is 5.26 Å². The van der Waals surface area contributed by atoms with Crippen molar-refractivity contribution in [3.8, 4) is 22.9 Å². The van der Waals surface area contributed by atoms with E-state index >= 15 is 0 Å². The van der Waals surface area contributed by atoms with Crippen LogP contribution in [0.15, 0.2) is 67.1 Å². The van der Waals surface area contributed by atoms with Crippen LogP contribution in [0.1, 0.15) is 18.1 Å². The molecule has 0 bridgehead atoms. The van der Waals surface area contributed by atoms with Crippen molar-refractivity contribution in [1.82, 2.24) is 19.5 Å². The van der Waals surface area contributed by atoms with Gasteiger partial charge in [0.25, 0.3) is 0 Å². The Bertz CT molecular complexity index is 1530. The topological polar surface area (TPSA) is 127 Å². The van der Waals surface area contributed by atoms with Gasteiger partial charge in [0.2, 0.25) is 0 Å². The first-order valence-corrected chi connectivity index (χ1v) is 13.0. The lowest BCUT2D eigenvalue weighted by Crippen LogP contribution is -2.46. The lowest BCUT2D eigenvalue weighted by Gasteiger charge is -2.35. The number of nitrogens with zero attached hydrogens (tertiary/aromatic N) is 6. The summed E-state index contributed by atoms with van der Waals surface area (Å²) in [5.74, 6) is -1.24. The zero-order valence-electron chi connectivity index (χ0n) is 22.7. The average molecular weight is 583 g/mol. The Balaban J connectivity index is 0.000000517. The Kier molecular flexibility index (Phi) is 9.61. The molecule has 1 aromatic carbocycles. The van der Waals surface area contributed by atoms with Crippen LogP contribution in [0.3, 0.4) is 0 Å². The maximum Gasteiger partial charge on any atom is 0.490 e. The van der Waals surface area contributed by atoms with Crippen LogP contribution in [0.5, 0.6) is 5.75 Å². The molecule has 1 fully saturated rings. The number of hydrogen-bond acceptors (Lipinski definition) is 8. The molecule has 1 unspecified atom stereocenters. The number of fused-ring (bicyclic) bond motifs is 1. The number of benzene rings is 1. The largest absolute Gasteiger partial charge is 0.490 e. The van der Waals surface area contributed by atoms with E-state index in [4.69, 9.17) is 19.6 Å². The summed E-state index contributed by atoms with van der Waals surface area (Å²) < 4.78 is 39.1. The van der Waals surface area contributed by atoms with E-state index in [2.05, 4.69) is 51.3 Å². The van der Waals surface area contributed by atoms with E-state index < -0.39 is 18.2 Å². The monoisotopic (exact) mass is 582 g/mol. The van der Waals surface area contributed by atoms with Crippen molar-refractivity contribution in [3.63, 3.8) is 0 Å². The quantitative estimate of drug-likeness (QED) is 0.333. The van der Waals surface area contributed by atoms with Crippen LogP contribution in [0, 0.1) is 11.3 Å². The molecule has 10 nitrogen and oxygen atoms in total. The molecule has 42 heavy (non-hydrogen) atoms. The molecule has 13 heteroatoms. The van der Waals surface area contributed by atoms with E-state index in [-0.39, 0.29) is 6.61 Å². The number of carbonyl (C=O) groups is 1. The Labute approximate surface area is 239 Å². The standard InChI is InChI=1S/C27H28N6O2.C2HF3O2/c1-20(34)19-35-24-13-25(27-23(14-28)16-30-33(27)18-24)22-7-8-26(29-15-22)32-11-9-31(10-12-32)17-21-5-3-2-4-6-21;3-2(4,5)1(6)7/h2-8,13,15-16,18,20,34H,9-12,17,19H2,1H3;(H,6,7). The molecule has 0 saturated carbocycles. The minimum Gasteiger partial charge on any atom is -0.489 e. The van der Waals surface area contributed by atoms with E-state index in [0.717, 1.165) is 49.7 Å². The number of alkyl halides is 3. The van der Waals surface area contributed by atoms with Gasteiger partial charge in [-0.15, -0.1) is 0 Å². The van der Waals surface area contributed by atoms with Gasteiger partial charge in [-0.1, -0.05) is 30.3 Å². The molecule has 220 valence electrons. The van der Waals surface area contributed by atoms with Crippen LogP contribution in [0.4, 0.5) is 19.0 Å². The number of rotatable bonds is 7. The highest BCUT2D eigenvalue weighted by molar-refractivity contribution is 5.85. The summed E-state index contributed by atoms with van der Waals surface area (Å²) in [6.45, 7) is 6.64. The minimum atomic E-state index is -5.08. The van der Waals surface area contributed by atoms with Gasteiger partial charge >= 0.3 is 12.1 Å². The van der Waals surface area contributed by atoms with Crippen molar-refractivity contribution < 1.29 is 32.9 Å². The third kappa shape index (κ3) is 7.74. The van der Waals surface area contributed by atoms with Gasteiger partial charge in [0.05, 0.1) is 29.6 Å². The second kappa shape index (κ2) is 13.3. The number of aliphatic hydroxyl groups excluding tert-OH is 1. The van der Waals surface area contributed by atoms with E-state index in [0.29, 0.717) is 16.8 Å². The predicted octanol–water partition coefficient (Wildman–Crippen LogP) is 3.98. The number of ether oxygens (including phenoxy) is 1. The van der Waals surface area contributed by atoms with Crippen LogP contribution < -0.4 is 9.64 Å². The van der Waals surface area contributed by atoms with Crippen molar-refractivity contribution in [2.75, 3.05) is 37.7 Å². The molecule has 0 spiro atoms. The lowest BCUT2D eigenvalue weighted by atomic mass is 10.1. The first-order valence-electron chi connectivity index (χ1n) is 13.0.